The largest absolute Gasteiger partial charge is 0.310 e. The smallest absolute Gasteiger partial charge is 0.0847 e. The predicted molar refractivity (Wildman–Crippen MR) is 92.2 cm³/mol. The molecule has 1 aromatic carbocycles. The molecule has 1 heterocycles. The molecule has 0 amide bonds. The van der Waals surface area contributed by atoms with Gasteiger partial charge in [-0.3, -0.25) is 4.68 Å². The van der Waals surface area contributed by atoms with E-state index in [2.05, 4.69) is 64.2 Å². The van der Waals surface area contributed by atoms with Gasteiger partial charge in [0.1, 0.15) is 0 Å². The molecule has 0 saturated heterocycles. The first-order valence-electron chi connectivity index (χ1n) is 6.69. The highest BCUT2D eigenvalue weighted by Gasteiger charge is 2.18. The average molecular weight is 404 g/mol. The van der Waals surface area contributed by atoms with Gasteiger partial charge in [-0.1, -0.05) is 30.7 Å². The van der Waals surface area contributed by atoms with Crippen LogP contribution in [-0.2, 0) is 13.5 Å². The number of nitrogens with one attached hydrogen (secondary N) is 1. The van der Waals surface area contributed by atoms with Gasteiger partial charge in [0, 0.05) is 23.1 Å². The van der Waals surface area contributed by atoms with Crippen molar-refractivity contribution in [2.24, 2.45) is 7.05 Å². The molecule has 1 aromatic heterocycles. The van der Waals surface area contributed by atoms with Crippen molar-refractivity contribution in [1.29, 1.82) is 0 Å². The molecule has 0 saturated carbocycles. The molecular formula is C15H19ClIN3. The van der Waals surface area contributed by atoms with Crippen LogP contribution in [0.5, 0.6) is 0 Å². The molecule has 108 valence electrons. The maximum atomic E-state index is 6.36. The van der Waals surface area contributed by atoms with Gasteiger partial charge in [0.25, 0.3) is 0 Å². The van der Waals surface area contributed by atoms with E-state index in [-0.39, 0.29) is 6.04 Å². The third-order valence-electron chi connectivity index (χ3n) is 3.36. The van der Waals surface area contributed by atoms with Crippen LogP contribution < -0.4 is 5.32 Å². The molecule has 0 aliphatic heterocycles. The second-order valence-electron chi connectivity index (χ2n) is 4.84. The summed E-state index contributed by atoms with van der Waals surface area (Å²) in [6, 6.07) is 8.82. The van der Waals surface area contributed by atoms with Gasteiger partial charge < -0.3 is 5.32 Å². The molecule has 3 nitrogen and oxygen atoms in total. The van der Waals surface area contributed by atoms with Crippen molar-refractivity contribution in [1.82, 2.24) is 15.1 Å². The number of hydrogen-bond acceptors (Lipinski definition) is 2. The summed E-state index contributed by atoms with van der Waals surface area (Å²) in [6.45, 7) is 4.99. The molecule has 0 spiro atoms. The molecule has 2 aromatic rings. The predicted octanol–water partition coefficient (Wildman–Crippen LogP) is 3.88. The van der Waals surface area contributed by atoms with Crippen molar-refractivity contribution in [2.45, 2.75) is 26.3 Å². The summed E-state index contributed by atoms with van der Waals surface area (Å²) >= 11 is 8.71. The van der Waals surface area contributed by atoms with Crippen LogP contribution in [0.1, 0.15) is 29.9 Å². The zero-order valence-corrected chi connectivity index (χ0v) is 14.9. The maximum Gasteiger partial charge on any atom is 0.0847 e. The lowest BCUT2D eigenvalue weighted by Gasteiger charge is -2.19. The van der Waals surface area contributed by atoms with Crippen molar-refractivity contribution < 1.29 is 0 Å². The van der Waals surface area contributed by atoms with Gasteiger partial charge >= 0.3 is 0 Å². The van der Waals surface area contributed by atoms with Gasteiger partial charge in [-0.25, -0.2) is 0 Å². The van der Waals surface area contributed by atoms with Crippen LogP contribution in [0.2, 0.25) is 5.02 Å². The first-order valence-corrected chi connectivity index (χ1v) is 8.15. The first kappa shape index (κ1) is 15.8. The van der Waals surface area contributed by atoms with Crippen molar-refractivity contribution in [3.8, 4) is 0 Å². The van der Waals surface area contributed by atoms with Gasteiger partial charge in [0.05, 0.1) is 16.4 Å². The second-order valence-corrected chi connectivity index (χ2v) is 6.46. The molecule has 0 aliphatic rings. The Morgan fingerprint density at radius 3 is 2.75 bits per heavy atom. The van der Waals surface area contributed by atoms with E-state index in [0.29, 0.717) is 0 Å². The van der Waals surface area contributed by atoms with Crippen LogP contribution in [0.15, 0.2) is 24.3 Å². The fourth-order valence-electron chi connectivity index (χ4n) is 2.37. The Labute approximate surface area is 138 Å². The molecule has 20 heavy (non-hydrogen) atoms. The third-order valence-corrected chi connectivity index (χ3v) is 4.52. The zero-order valence-electron chi connectivity index (χ0n) is 12.0. The summed E-state index contributed by atoms with van der Waals surface area (Å²) in [5.41, 5.74) is 3.25. The number of halogens is 2. The van der Waals surface area contributed by atoms with Crippen LogP contribution in [0.25, 0.3) is 0 Å². The molecule has 0 radical (unpaired) electrons. The van der Waals surface area contributed by atoms with E-state index < -0.39 is 0 Å². The van der Waals surface area contributed by atoms with Gasteiger partial charge in [0.15, 0.2) is 0 Å². The molecule has 0 aliphatic carbocycles. The molecular weight excluding hydrogens is 385 g/mol. The van der Waals surface area contributed by atoms with Gasteiger partial charge in [-0.2, -0.15) is 5.10 Å². The van der Waals surface area contributed by atoms with E-state index in [0.717, 1.165) is 29.4 Å². The zero-order chi connectivity index (χ0) is 14.7. The van der Waals surface area contributed by atoms with E-state index in [1.54, 1.807) is 0 Å². The van der Waals surface area contributed by atoms with Crippen LogP contribution in [0, 0.1) is 10.5 Å². The summed E-state index contributed by atoms with van der Waals surface area (Å²) in [7, 11) is 1.95. The molecule has 0 bridgehead atoms. The Bertz CT molecular complexity index is 595. The van der Waals surface area contributed by atoms with E-state index in [1.165, 1.54) is 9.13 Å². The Morgan fingerprint density at radius 1 is 1.45 bits per heavy atom. The molecule has 2 rings (SSSR count). The number of benzene rings is 1. The molecule has 5 heteroatoms. The molecule has 1 N–H and O–H groups in total. The highest BCUT2D eigenvalue weighted by molar-refractivity contribution is 14.1. The molecule has 1 atom stereocenters. The van der Waals surface area contributed by atoms with E-state index in [9.17, 15) is 0 Å². The number of rotatable bonds is 5. The minimum atomic E-state index is 0.252. The summed E-state index contributed by atoms with van der Waals surface area (Å²) in [5.74, 6) is 0. The number of likely N-dealkylation sites (N-methyl/N-ethyl adjacent to an activating group) is 1. The summed E-state index contributed by atoms with van der Waals surface area (Å²) in [6.07, 6.45) is 0.837. The number of hydrogen-bond donors (Lipinski definition) is 1. The van der Waals surface area contributed by atoms with E-state index >= 15 is 0 Å². The molecule has 1 unspecified atom stereocenters. The van der Waals surface area contributed by atoms with Crippen LogP contribution in [-0.4, -0.2) is 16.3 Å². The van der Waals surface area contributed by atoms with Crippen molar-refractivity contribution >= 4 is 34.2 Å². The highest BCUT2D eigenvalue weighted by Crippen LogP contribution is 2.26. The van der Waals surface area contributed by atoms with Crippen molar-refractivity contribution in [3.05, 3.63) is 49.8 Å². The summed E-state index contributed by atoms with van der Waals surface area (Å²) in [5, 5.41) is 8.70. The Hall–Kier alpha value is -0.590. The van der Waals surface area contributed by atoms with Gasteiger partial charge in [0.2, 0.25) is 0 Å². The number of aromatic nitrogens is 2. The minimum Gasteiger partial charge on any atom is -0.310 e. The fourth-order valence-corrected chi connectivity index (χ4v) is 3.18. The third kappa shape index (κ3) is 3.54. The minimum absolute atomic E-state index is 0.252. The van der Waals surface area contributed by atoms with Crippen LogP contribution in [0.4, 0.5) is 0 Å². The lowest BCUT2D eigenvalue weighted by molar-refractivity contribution is 0.528. The van der Waals surface area contributed by atoms with Crippen LogP contribution >= 0.6 is 34.2 Å². The Balaban J connectivity index is 2.30. The van der Waals surface area contributed by atoms with Crippen molar-refractivity contribution in [3.63, 3.8) is 0 Å². The van der Waals surface area contributed by atoms with Gasteiger partial charge in [-0.15, -0.1) is 0 Å². The first-order chi connectivity index (χ1) is 9.52. The summed E-state index contributed by atoms with van der Waals surface area (Å²) < 4.78 is 3.13. The van der Waals surface area contributed by atoms with Gasteiger partial charge in [-0.05, 0) is 53.8 Å². The topological polar surface area (TPSA) is 29.9 Å². The average Bonchev–Trinajstić information content (AvgIpc) is 2.64. The fraction of sp³-hybridized carbons (Fsp3) is 0.400. The lowest BCUT2D eigenvalue weighted by atomic mass is 10.0. The highest BCUT2D eigenvalue weighted by atomic mass is 127. The Morgan fingerprint density at radius 2 is 2.20 bits per heavy atom. The SMILES string of the molecule is CCNC(Cc1c(Cl)c(C)nn1C)c1cccc(I)c1. The quantitative estimate of drug-likeness (QED) is 0.768. The van der Waals surface area contributed by atoms with E-state index in [1.807, 2.05) is 18.7 Å². The van der Waals surface area contributed by atoms with Crippen molar-refractivity contribution in [2.75, 3.05) is 6.54 Å². The normalized spacial score (nSPS) is 12.7. The molecule has 0 fully saturated rings. The lowest BCUT2D eigenvalue weighted by Crippen LogP contribution is -2.24. The Kier molecular flexibility index (Phi) is 5.46. The maximum absolute atomic E-state index is 6.36. The summed E-state index contributed by atoms with van der Waals surface area (Å²) in [4.78, 5) is 0. The standard InChI is InChI=1S/C15H19ClIN3/c1-4-18-13(11-6-5-7-12(17)8-11)9-14-15(16)10(2)19-20(14)3/h5-8,13,18H,4,9H2,1-3H3. The van der Waals surface area contributed by atoms with Crippen LogP contribution in [0.3, 0.4) is 0 Å². The number of nitrogens with zero attached hydrogens (tertiary/aromatic N) is 2. The van der Waals surface area contributed by atoms with E-state index in [4.69, 9.17) is 11.6 Å². The monoisotopic (exact) mass is 403 g/mol. The number of aryl methyl sites for hydroxylation is 2. The second kappa shape index (κ2) is 6.91.